The fraction of sp³-hybridized carbons (Fsp3) is 0.368. The summed E-state index contributed by atoms with van der Waals surface area (Å²) in [6.07, 6.45) is -0.376. The van der Waals surface area contributed by atoms with E-state index >= 15 is 0 Å². The molecule has 0 radical (unpaired) electrons. The lowest BCUT2D eigenvalue weighted by atomic mass is 10.1. The van der Waals surface area contributed by atoms with E-state index in [1.807, 2.05) is 55.5 Å². The highest BCUT2D eigenvalue weighted by Gasteiger charge is 2.11. The Bertz CT molecular complexity index is 584. The Balaban J connectivity index is 2.12. The molecule has 0 amide bonds. The smallest absolute Gasteiger partial charge is 0.166 e. The summed E-state index contributed by atoms with van der Waals surface area (Å²) in [4.78, 5) is 0. The Morgan fingerprint density at radius 3 is 2.52 bits per heavy atom. The minimum Gasteiger partial charge on any atom is -0.490 e. The molecule has 0 aliphatic heterocycles. The molecule has 1 unspecified atom stereocenters. The average molecular weight is 315 g/mol. The number of para-hydroxylation sites is 1. The van der Waals surface area contributed by atoms with Crippen LogP contribution in [0.15, 0.2) is 48.5 Å². The molecule has 0 fully saturated rings. The highest BCUT2D eigenvalue weighted by Crippen LogP contribution is 2.32. The summed E-state index contributed by atoms with van der Waals surface area (Å²) in [5, 5.41) is 12.6. The van der Waals surface area contributed by atoms with Crippen LogP contribution in [-0.4, -0.2) is 24.4 Å². The second kappa shape index (κ2) is 9.18. The van der Waals surface area contributed by atoms with Gasteiger partial charge in [-0.05, 0) is 25.5 Å². The van der Waals surface area contributed by atoms with Gasteiger partial charge in [-0.15, -0.1) is 0 Å². The maximum absolute atomic E-state index is 9.37. The first kappa shape index (κ1) is 17.3. The highest BCUT2D eigenvalue weighted by atomic mass is 16.5. The van der Waals surface area contributed by atoms with Crippen molar-refractivity contribution in [2.45, 2.75) is 33.1 Å². The molecule has 0 aliphatic carbocycles. The van der Waals surface area contributed by atoms with E-state index in [4.69, 9.17) is 9.47 Å². The zero-order valence-corrected chi connectivity index (χ0v) is 13.8. The summed E-state index contributed by atoms with van der Waals surface area (Å²) < 4.78 is 11.7. The molecule has 0 bridgehead atoms. The highest BCUT2D eigenvalue weighted by molar-refractivity contribution is 5.46. The molecule has 1 atom stereocenters. The van der Waals surface area contributed by atoms with E-state index in [-0.39, 0.29) is 6.10 Å². The van der Waals surface area contributed by atoms with Crippen LogP contribution in [0.2, 0.25) is 0 Å². The molecule has 0 aliphatic rings. The second-order valence-corrected chi connectivity index (χ2v) is 5.43. The Kier molecular flexibility index (Phi) is 6.91. The van der Waals surface area contributed by atoms with Crippen molar-refractivity contribution in [3.63, 3.8) is 0 Å². The number of nitrogens with one attached hydrogen (secondary N) is 1. The molecule has 4 heteroatoms. The summed E-state index contributed by atoms with van der Waals surface area (Å²) in [6.45, 7) is 5.96. The van der Waals surface area contributed by atoms with Crippen molar-refractivity contribution in [3.8, 4) is 11.5 Å². The summed E-state index contributed by atoms with van der Waals surface area (Å²) in [6, 6.07) is 15.9. The largest absolute Gasteiger partial charge is 0.490 e. The van der Waals surface area contributed by atoms with Crippen LogP contribution < -0.4 is 14.8 Å². The van der Waals surface area contributed by atoms with Crippen LogP contribution in [0.1, 0.15) is 25.0 Å². The lowest BCUT2D eigenvalue weighted by Gasteiger charge is -2.17. The lowest BCUT2D eigenvalue weighted by molar-refractivity contribution is 0.190. The van der Waals surface area contributed by atoms with E-state index in [0.717, 1.165) is 22.6 Å². The quantitative estimate of drug-likeness (QED) is 0.746. The fourth-order valence-electron chi connectivity index (χ4n) is 2.28. The van der Waals surface area contributed by atoms with Gasteiger partial charge < -0.3 is 19.9 Å². The van der Waals surface area contributed by atoms with E-state index in [9.17, 15) is 5.11 Å². The van der Waals surface area contributed by atoms with Crippen LogP contribution in [0.3, 0.4) is 0 Å². The summed E-state index contributed by atoms with van der Waals surface area (Å²) in [7, 11) is 0. The molecule has 0 spiro atoms. The second-order valence-electron chi connectivity index (χ2n) is 5.43. The number of rotatable bonds is 9. The minimum absolute atomic E-state index is 0.376. The molecule has 0 heterocycles. The van der Waals surface area contributed by atoms with Gasteiger partial charge in [0.2, 0.25) is 0 Å². The number of ether oxygens (including phenoxy) is 2. The maximum Gasteiger partial charge on any atom is 0.166 e. The van der Waals surface area contributed by atoms with Gasteiger partial charge >= 0.3 is 0 Å². The molecule has 4 nitrogen and oxygen atoms in total. The van der Waals surface area contributed by atoms with E-state index in [1.165, 1.54) is 0 Å². The van der Waals surface area contributed by atoms with Crippen LogP contribution in [0.5, 0.6) is 11.5 Å². The van der Waals surface area contributed by atoms with Crippen molar-refractivity contribution in [1.29, 1.82) is 0 Å². The first-order valence-electron chi connectivity index (χ1n) is 8.01. The SMILES string of the molecule is CCOc1cccc(CNCC(C)O)c1OCc1ccccc1. The van der Waals surface area contributed by atoms with E-state index in [1.54, 1.807) is 6.92 Å². The zero-order chi connectivity index (χ0) is 16.5. The van der Waals surface area contributed by atoms with Crippen LogP contribution in [0.4, 0.5) is 0 Å². The first-order valence-corrected chi connectivity index (χ1v) is 8.01. The number of aliphatic hydroxyl groups is 1. The number of hydrogen-bond donors (Lipinski definition) is 2. The molecule has 2 rings (SSSR count). The zero-order valence-electron chi connectivity index (χ0n) is 13.8. The first-order chi connectivity index (χ1) is 11.2. The van der Waals surface area contributed by atoms with Crippen molar-refractivity contribution in [1.82, 2.24) is 5.32 Å². The summed E-state index contributed by atoms with van der Waals surface area (Å²) in [5.41, 5.74) is 2.13. The van der Waals surface area contributed by atoms with E-state index < -0.39 is 0 Å². The van der Waals surface area contributed by atoms with Gasteiger partial charge in [0.05, 0.1) is 12.7 Å². The maximum atomic E-state index is 9.37. The standard InChI is InChI=1S/C19H25NO3/c1-3-22-18-11-7-10-17(13-20-12-15(2)21)19(18)23-14-16-8-5-4-6-9-16/h4-11,15,20-21H,3,12-14H2,1-2H3. The Morgan fingerprint density at radius 1 is 1.04 bits per heavy atom. The molecule has 2 N–H and O–H groups in total. The number of aliphatic hydroxyl groups excluding tert-OH is 1. The van der Waals surface area contributed by atoms with Crippen molar-refractivity contribution >= 4 is 0 Å². The number of hydrogen-bond acceptors (Lipinski definition) is 4. The molecule has 0 aromatic heterocycles. The summed E-state index contributed by atoms with van der Waals surface area (Å²) >= 11 is 0. The molecule has 2 aromatic rings. The fourth-order valence-corrected chi connectivity index (χ4v) is 2.28. The van der Waals surface area contributed by atoms with Crippen molar-refractivity contribution < 1.29 is 14.6 Å². The van der Waals surface area contributed by atoms with Gasteiger partial charge in [0.15, 0.2) is 11.5 Å². The van der Waals surface area contributed by atoms with Crippen LogP contribution in [0, 0.1) is 0 Å². The molecule has 0 saturated heterocycles. The molecule has 23 heavy (non-hydrogen) atoms. The Hall–Kier alpha value is -2.04. The topological polar surface area (TPSA) is 50.7 Å². The lowest BCUT2D eigenvalue weighted by Crippen LogP contribution is -2.24. The van der Waals surface area contributed by atoms with Gasteiger partial charge in [0, 0.05) is 18.7 Å². The van der Waals surface area contributed by atoms with Crippen molar-refractivity contribution in [3.05, 3.63) is 59.7 Å². The third kappa shape index (κ3) is 5.58. The molecular formula is C19H25NO3. The van der Waals surface area contributed by atoms with Crippen molar-refractivity contribution in [2.75, 3.05) is 13.2 Å². The Morgan fingerprint density at radius 2 is 1.83 bits per heavy atom. The molecule has 0 saturated carbocycles. The average Bonchev–Trinajstić information content (AvgIpc) is 2.55. The van der Waals surface area contributed by atoms with Crippen LogP contribution in [0.25, 0.3) is 0 Å². The monoisotopic (exact) mass is 315 g/mol. The number of benzene rings is 2. The normalized spacial score (nSPS) is 12.0. The van der Waals surface area contributed by atoms with Crippen LogP contribution >= 0.6 is 0 Å². The van der Waals surface area contributed by atoms with Gasteiger partial charge in [0.25, 0.3) is 0 Å². The van der Waals surface area contributed by atoms with E-state index in [0.29, 0.717) is 26.3 Å². The van der Waals surface area contributed by atoms with Gasteiger partial charge in [-0.3, -0.25) is 0 Å². The summed E-state index contributed by atoms with van der Waals surface area (Å²) in [5.74, 6) is 1.51. The van der Waals surface area contributed by atoms with Gasteiger partial charge in [0.1, 0.15) is 6.61 Å². The van der Waals surface area contributed by atoms with Crippen LogP contribution in [-0.2, 0) is 13.2 Å². The molecular weight excluding hydrogens is 290 g/mol. The molecule has 2 aromatic carbocycles. The third-order valence-corrected chi connectivity index (χ3v) is 3.34. The third-order valence-electron chi connectivity index (χ3n) is 3.34. The predicted octanol–water partition coefficient (Wildman–Crippen LogP) is 3.13. The van der Waals surface area contributed by atoms with Gasteiger partial charge in [-0.25, -0.2) is 0 Å². The van der Waals surface area contributed by atoms with E-state index in [2.05, 4.69) is 5.32 Å². The van der Waals surface area contributed by atoms with Gasteiger partial charge in [-0.2, -0.15) is 0 Å². The predicted molar refractivity (Wildman–Crippen MR) is 91.8 cm³/mol. The van der Waals surface area contributed by atoms with Crippen molar-refractivity contribution in [2.24, 2.45) is 0 Å². The van der Waals surface area contributed by atoms with Gasteiger partial charge in [-0.1, -0.05) is 42.5 Å². The Labute approximate surface area is 138 Å². The molecule has 124 valence electrons. The minimum atomic E-state index is -0.376.